The Morgan fingerprint density at radius 3 is 2.79 bits per heavy atom. The fraction of sp³-hybridized carbons (Fsp3) is 0.353. The van der Waals surface area contributed by atoms with Gasteiger partial charge >= 0.3 is 5.97 Å². The van der Waals surface area contributed by atoms with Crippen molar-refractivity contribution in [3.8, 4) is 5.75 Å². The van der Waals surface area contributed by atoms with E-state index in [0.717, 1.165) is 5.75 Å². The number of allylic oxidation sites excluding steroid dienone is 1. The molecule has 0 aliphatic rings. The number of benzene rings is 1. The largest absolute Gasteiger partial charge is 0.486 e. The molecule has 1 aromatic heterocycles. The van der Waals surface area contributed by atoms with Gasteiger partial charge in [0.05, 0.1) is 12.9 Å². The lowest BCUT2D eigenvalue weighted by Crippen LogP contribution is -2.09. The molecule has 0 atom stereocenters. The van der Waals surface area contributed by atoms with Crippen LogP contribution < -0.4 is 4.74 Å². The van der Waals surface area contributed by atoms with Gasteiger partial charge in [-0.1, -0.05) is 23.9 Å². The van der Waals surface area contributed by atoms with E-state index < -0.39 is 0 Å². The van der Waals surface area contributed by atoms with E-state index in [1.54, 1.807) is 6.08 Å². The van der Waals surface area contributed by atoms with Crippen molar-refractivity contribution in [1.82, 2.24) is 14.8 Å². The lowest BCUT2D eigenvalue weighted by molar-refractivity contribution is -0.137. The van der Waals surface area contributed by atoms with E-state index in [4.69, 9.17) is 4.74 Å². The molecule has 24 heavy (non-hydrogen) atoms. The fourth-order valence-electron chi connectivity index (χ4n) is 1.98. The number of ether oxygens (including phenoxy) is 2. The first-order chi connectivity index (χ1) is 11.5. The first kappa shape index (κ1) is 18.1. The number of aryl methyl sites for hydroxylation is 2. The van der Waals surface area contributed by atoms with Gasteiger partial charge in [-0.15, -0.1) is 16.8 Å². The lowest BCUT2D eigenvalue weighted by Gasteiger charge is -2.10. The maximum Gasteiger partial charge on any atom is 0.316 e. The molecule has 128 valence electrons. The van der Waals surface area contributed by atoms with Crippen molar-refractivity contribution in [2.24, 2.45) is 0 Å². The van der Waals surface area contributed by atoms with Gasteiger partial charge in [0.25, 0.3) is 0 Å². The summed E-state index contributed by atoms with van der Waals surface area (Å²) in [4.78, 5) is 11.3. The van der Waals surface area contributed by atoms with Gasteiger partial charge in [0.15, 0.2) is 11.0 Å². The second-order valence-electron chi connectivity index (χ2n) is 5.20. The molecule has 6 nitrogen and oxygen atoms in total. The molecule has 0 aliphatic carbocycles. The van der Waals surface area contributed by atoms with Gasteiger partial charge < -0.3 is 9.47 Å². The van der Waals surface area contributed by atoms with Gasteiger partial charge in [-0.25, -0.2) is 0 Å². The summed E-state index contributed by atoms with van der Waals surface area (Å²) in [6.07, 6.45) is 1.76. The highest BCUT2D eigenvalue weighted by atomic mass is 32.2. The molecule has 2 aromatic rings. The SMILES string of the molecule is C=CCn1c(COc2ccc(C)c(C)c2)nnc1SCC(=O)OC. The predicted molar refractivity (Wildman–Crippen MR) is 93.2 cm³/mol. The number of carbonyl (C=O) groups is 1. The Hall–Kier alpha value is -2.28. The number of nitrogens with zero attached hydrogens (tertiary/aromatic N) is 3. The number of thioether (sulfide) groups is 1. The van der Waals surface area contributed by atoms with E-state index >= 15 is 0 Å². The maximum atomic E-state index is 11.3. The normalized spacial score (nSPS) is 10.5. The summed E-state index contributed by atoms with van der Waals surface area (Å²) in [5, 5.41) is 8.92. The molecule has 1 aromatic carbocycles. The third-order valence-electron chi connectivity index (χ3n) is 3.50. The molecule has 0 aliphatic heterocycles. The van der Waals surface area contributed by atoms with Crippen LogP contribution in [0.2, 0.25) is 0 Å². The molecule has 0 bridgehead atoms. The van der Waals surface area contributed by atoms with Crippen LogP contribution in [0.5, 0.6) is 5.75 Å². The Labute approximate surface area is 145 Å². The Morgan fingerprint density at radius 1 is 1.33 bits per heavy atom. The Balaban J connectivity index is 2.08. The minimum absolute atomic E-state index is 0.184. The molecule has 0 spiro atoms. The monoisotopic (exact) mass is 347 g/mol. The van der Waals surface area contributed by atoms with Crippen molar-refractivity contribution < 1.29 is 14.3 Å². The number of methoxy groups -OCH3 is 1. The predicted octanol–water partition coefficient (Wildman–Crippen LogP) is 2.93. The van der Waals surface area contributed by atoms with E-state index in [2.05, 4.69) is 28.4 Å². The average Bonchev–Trinajstić information content (AvgIpc) is 2.96. The minimum atomic E-state index is -0.305. The molecule has 0 fully saturated rings. The third-order valence-corrected chi connectivity index (χ3v) is 4.44. The van der Waals surface area contributed by atoms with E-state index in [1.165, 1.54) is 30.0 Å². The van der Waals surface area contributed by atoms with E-state index in [9.17, 15) is 4.79 Å². The molecule has 2 rings (SSSR count). The molecule has 0 unspecified atom stereocenters. The zero-order chi connectivity index (χ0) is 17.5. The second-order valence-corrected chi connectivity index (χ2v) is 6.14. The number of hydrogen-bond acceptors (Lipinski definition) is 6. The average molecular weight is 347 g/mol. The van der Waals surface area contributed by atoms with Gasteiger partial charge in [-0.2, -0.15) is 0 Å². The number of aromatic nitrogens is 3. The minimum Gasteiger partial charge on any atom is -0.486 e. The van der Waals surface area contributed by atoms with Crippen molar-refractivity contribution in [2.75, 3.05) is 12.9 Å². The van der Waals surface area contributed by atoms with Gasteiger partial charge in [0.1, 0.15) is 12.4 Å². The number of rotatable bonds is 8. The van der Waals surface area contributed by atoms with Crippen LogP contribution in [-0.2, 0) is 22.7 Å². The van der Waals surface area contributed by atoms with Crippen LogP contribution in [0, 0.1) is 13.8 Å². The van der Waals surface area contributed by atoms with Gasteiger partial charge in [0, 0.05) is 6.54 Å². The van der Waals surface area contributed by atoms with Crippen LogP contribution in [-0.4, -0.2) is 33.6 Å². The molecule has 7 heteroatoms. The smallest absolute Gasteiger partial charge is 0.316 e. The quantitative estimate of drug-likeness (QED) is 0.415. The van der Waals surface area contributed by atoms with Crippen LogP contribution in [0.1, 0.15) is 17.0 Å². The fourth-order valence-corrected chi connectivity index (χ4v) is 2.78. The van der Waals surface area contributed by atoms with Crippen LogP contribution in [0.15, 0.2) is 36.0 Å². The van der Waals surface area contributed by atoms with E-state index in [1.807, 2.05) is 29.7 Å². The molecular formula is C17H21N3O3S. The first-order valence-corrected chi connectivity index (χ1v) is 8.46. The van der Waals surface area contributed by atoms with E-state index in [-0.39, 0.29) is 11.7 Å². The van der Waals surface area contributed by atoms with Gasteiger partial charge in [-0.3, -0.25) is 9.36 Å². The Bertz CT molecular complexity index is 728. The summed E-state index contributed by atoms with van der Waals surface area (Å²) in [5.74, 6) is 1.35. The first-order valence-electron chi connectivity index (χ1n) is 7.47. The Kier molecular flexibility index (Phi) is 6.43. The third kappa shape index (κ3) is 4.61. The number of esters is 1. The summed E-state index contributed by atoms with van der Waals surface area (Å²) < 4.78 is 12.3. The summed E-state index contributed by atoms with van der Waals surface area (Å²) in [6, 6.07) is 5.96. The standard InChI is InChI=1S/C17H21N3O3S/c1-5-8-20-15(18-19-17(20)24-11-16(21)22-4)10-23-14-7-6-12(2)13(3)9-14/h5-7,9H,1,8,10-11H2,2-4H3. The van der Waals surface area contributed by atoms with Crippen molar-refractivity contribution in [1.29, 1.82) is 0 Å². The molecule has 0 amide bonds. The van der Waals surface area contributed by atoms with Crippen LogP contribution >= 0.6 is 11.8 Å². The Morgan fingerprint density at radius 2 is 2.12 bits per heavy atom. The van der Waals surface area contributed by atoms with Crippen molar-refractivity contribution in [3.05, 3.63) is 47.8 Å². The summed E-state index contributed by atoms with van der Waals surface area (Å²) in [7, 11) is 1.36. The van der Waals surface area contributed by atoms with Gasteiger partial charge in [-0.05, 0) is 37.1 Å². The topological polar surface area (TPSA) is 66.2 Å². The molecule has 1 heterocycles. The van der Waals surface area contributed by atoms with Crippen molar-refractivity contribution >= 4 is 17.7 Å². The zero-order valence-corrected chi connectivity index (χ0v) is 14.9. The highest BCUT2D eigenvalue weighted by molar-refractivity contribution is 7.99. The van der Waals surface area contributed by atoms with E-state index in [0.29, 0.717) is 24.1 Å². The highest BCUT2D eigenvalue weighted by Crippen LogP contribution is 2.20. The molecule has 0 N–H and O–H groups in total. The lowest BCUT2D eigenvalue weighted by atomic mass is 10.1. The number of carbonyl (C=O) groups excluding carboxylic acids is 1. The highest BCUT2D eigenvalue weighted by Gasteiger charge is 2.14. The summed E-state index contributed by atoms with van der Waals surface area (Å²) in [6.45, 7) is 8.69. The van der Waals surface area contributed by atoms with Crippen LogP contribution in [0.4, 0.5) is 0 Å². The van der Waals surface area contributed by atoms with Crippen molar-refractivity contribution in [3.63, 3.8) is 0 Å². The summed E-state index contributed by atoms with van der Waals surface area (Å²) in [5.41, 5.74) is 2.40. The van der Waals surface area contributed by atoms with Gasteiger partial charge in [0.2, 0.25) is 0 Å². The zero-order valence-electron chi connectivity index (χ0n) is 14.1. The molecule has 0 radical (unpaired) electrons. The molecule has 0 saturated carbocycles. The summed E-state index contributed by atoms with van der Waals surface area (Å²) >= 11 is 1.28. The maximum absolute atomic E-state index is 11.3. The van der Waals surface area contributed by atoms with Crippen LogP contribution in [0.3, 0.4) is 0 Å². The van der Waals surface area contributed by atoms with Crippen molar-refractivity contribution in [2.45, 2.75) is 32.2 Å². The second kappa shape index (κ2) is 8.54. The number of hydrogen-bond donors (Lipinski definition) is 0. The molecule has 0 saturated heterocycles. The molecular weight excluding hydrogens is 326 g/mol. The van der Waals surface area contributed by atoms with Crippen LogP contribution in [0.25, 0.3) is 0 Å².